The monoisotopic (exact) mass is 369 g/mol. The molecule has 0 radical (unpaired) electrons. The third-order valence-corrected chi connectivity index (χ3v) is 5.22. The average Bonchev–Trinajstić information content (AvgIpc) is 3.00. The molecule has 0 aromatic heterocycles. The van der Waals surface area contributed by atoms with Crippen molar-refractivity contribution in [3.63, 3.8) is 0 Å². The van der Waals surface area contributed by atoms with Gasteiger partial charge < -0.3 is 10.0 Å². The van der Waals surface area contributed by atoms with Gasteiger partial charge in [-0.05, 0) is 35.9 Å². The predicted molar refractivity (Wildman–Crippen MR) is 94.6 cm³/mol. The summed E-state index contributed by atoms with van der Waals surface area (Å²) in [5, 5.41) is 18.5. The molecule has 0 bridgehead atoms. The second-order valence-corrected chi connectivity index (χ2v) is 7.13. The predicted octanol–water partition coefficient (Wildman–Crippen LogP) is 2.54. The summed E-state index contributed by atoms with van der Waals surface area (Å²) in [6.45, 7) is -0.734. The van der Waals surface area contributed by atoms with E-state index in [-0.39, 0.29) is 25.4 Å². The van der Waals surface area contributed by atoms with Gasteiger partial charge in [-0.25, -0.2) is 8.78 Å². The van der Waals surface area contributed by atoms with Crippen LogP contribution in [-0.4, -0.2) is 46.9 Å². The number of nitriles is 1. The number of phenolic OH excluding ortho intramolecular Hbond substituents is 1. The van der Waals surface area contributed by atoms with Crippen LogP contribution in [0.15, 0.2) is 48.5 Å². The summed E-state index contributed by atoms with van der Waals surface area (Å²) in [6, 6.07) is 14.6. The Hall–Kier alpha value is -2.98. The van der Waals surface area contributed by atoms with Gasteiger partial charge in [-0.3, -0.25) is 9.69 Å². The van der Waals surface area contributed by atoms with Gasteiger partial charge in [0.2, 0.25) is 5.67 Å². The van der Waals surface area contributed by atoms with Gasteiger partial charge >= 0.3 is 0 Å². The maximum atomic E-state index is 15.5. The molecular weight excluding hydrogens is 352 g/mol. The Bertz CT molecular complexity index is 960. The minimum absolute atomic E-state index is 0.0800. The Morgan fingerprint density at radius 3 is 2.59 bits per heavy atom. The molecule has 2 heterocycles. The highest BCUT2D eigenvalue weighted by Gasteiger charge is 2.71. The highest BCUT2D eigenvalue weighted by Crippen LogP contribution is 2.47. The van der Waals surface area contributed by atoms with Crippen molar-refractivity contribution in [3.8, 4) is 11.8 Å². The highest BCUT2D eigenvalue weighted by atomic mass is 19.2. The van der Waals surface area contributed by atoms with E-state index in [0.29, 0.717) is 16.8 Å². The van der Waals surface area contributed by atoms with Gasteiger partial charge in [0.05, 0.1) is 18.2 Å². The van der Waals surface area contributed by atoms with Crippen LogP contribution < -0.4 is 4.90 Å². The van der Waals surface area contributed by atoms with Crippen LogP contribution in [-0.2, 0) is 11.3 Å². The number of aromatic hydroxyl groups is 1. The molecule has 2 aliphatic heterocycles. The van der Waals surface area contributed by atoms with Gasteiger partial charge in [-0.15, -0.1) is 0 Å². The Morgan fingerprint density at radius 2 is 1.89 bits per heavy atom. The first-order valence-corrected chi connectivity index (χ1v) is 8.55. The van der Waals surface area contributed by atoms with Crippen molar-refractivity contribution in [2.45, 2.75) is 17.9 Å². The van der Waals surface area contributed by atoms with Crippen molar-refractivity contribution < 1.29 is 18.7 Å². The highest BCUT2D eigenvalue weighted by molar-refractivity contribution is 6.04. The van der Waals surface area contributed by atoms with E-state index < -0.39 is 23.8 Å². The number of carbonyl (C=O) groups is 1. The standard InChI is InChI=1S/C20H17F2N3O2/c21-19-11-24(10-15-4-2-6-17(26)8-15)13-20(19,22)18(27)25(12-19)16-5-1-3-14(7-16)9-23/h1-8,26H,10-13H2/t19-,20+/m0/s1. The van der Waals surface area contributed by atoms with E-state index in [0.717, 1.165) is 4.90 Å². The fourth-order valence-corrected chi connectivity index (χ4v) is 3.93. The number of benzene rings is 2. The maximum Gasteiger partial charge on any atom is 0.269 e. The van der Waals surface area contributed by atoms with E-state index in [1.807, 2.05) is 6.07 Å². The molecule has 2 aliphatic rings. The number of amides is 1. The van der Waals surface area contributed by atoms with Gasteiger partial charge in [0.25, 0.3) is 5.91 Å². The lowest BCUT2D eigenvalue weighted by molar-refractivity contribution is -0.130. The molecular formula is C20H17F2N3O2. The number of nitrogens with zero attached hydrogens (tertiary/aromatic N) is 3. The number of hydrogen-bond acceptors (Lipinski definition) is 4. The minimum atomic E-state index is -2.63. The molecule has 2 fully saturated rings. The lowest BCUT2D eigenvalue weighted by Crippen LogP contribution is -2.47. The Labute approximate surface area is 155 Å². The van der Waals surface area contributed by atoms with Crippen LogP contribution in [0.4, 0.5) is 14.5 Å². The summed E-state index contributed by atoms with van der Waals surface area (Å²) in [4.78, 5) is 15.4. The molecule has 2 aromatic carbocycles. The van der Waals surface area contributed by atoms with Crippen LogP contribution in [0.3, 0.4) is 0 Å². The fourth-order valence-electron chi connectivity index (χ4n) is 3.93. The van der Waals surface area contributed by atoms with Crippen molar-refractivity contribution in [1.29, 1.82) is 5.26 Å². The Kier molecular flexibility index (Phi) is 3.89. The molecule has 0 unspecified atom stereocenters. The van der Waals surface area contributed by atoms with Gasteiger partial charge in [0, 0.05) is 25.3 Å². The summed E-state index contributed by atoms with van der Waals surface area (Å²) in [5.74, 6) is -0.838. The number of carbonyl (C=O) groups excluding carboxylic acids is 1. The van der Waals surface area contributed by atoms with E-state index in [9.17, 15) is 9.90 Å². The molecule has 1 N–H and O–H groups in total. The number of alkyl halides is 2. The number of fused-ring (bicyclic) bond motifs is 1. The van der Waals surface area contributed by atoms with E-state index in [2.05, 4.69) is 0 Å². The van der Waals surface area contributed by atoms with Crippen LogP contribution in [0.25, 0.3) is 0 Å². The molecule has 5 nitrogen and oxygen atoms in total. The van der Waals surface area contributed by atoms with Crippen LogP contribution in [0.1, 0.15) is 11.1 Å². The summed E-state index contributed by atoms with van der Waals surface area (Å²) in [7, 11) is 0. The maximum absolute atomic E-state index is 15.5. The van der Waals surface area contributed by atoms with E-state index in [1.165, 1.54) is 18.2 Å². The second kappa shape index (κ2) is 6.03. The van der Waals surface area contributed by atoms with Gasteiger partial charge in [0.15, 0.2) is 5.67 Å². The number of hydrogen-bond donors (Lipinski definition) is 1. The minimum Gasteiger partial charge on any atom is -0.508 e. The Balaban J connectivity index is 1.57. The van der Waals surface area contributed by atoms with Gasteiger partial charge in [-0.1, -0.05) is 18.2 Å². The zero-order chi connectivity index (χ0) is 19.2. The molecule has 2 atom stereocenters. The van der Waals surface area contributed by atoms with E-state index in [1.54, 1.807) is 35.2 Å². The third kappa shape index (κ3) is 2.73. The number of halogens is 2. The van der Waals surface area contributed by atoms with Crippen LogP contribution in [0.5, 0.6) is 5.75 Å². The van der Waals surface area contributed by atoms with Gasteiger partial charge in [0.1, 0.15) is 5.75 Å². The zero-order valence-corrected chi connectivity index (χ0v) is 14.4. The van der Waals surface area contributed by atoms with Crippen LogP contribution in [0, 0.1) is 11.3 Å². The number of anilines is 1. The smallest absolute Gasteiger partial charge is 0.269 e. The molecule has 1 amide bonds. The molecule has 2 aromatic rings. The van der Waals surface area contributed by atoms with Crippen molar-refractivity contribution in [3.05, 3.63) is 59.7 Å². The van der Waals surface area contributed by atoms with Crippen LogP contribution >= 0.6 is 0 Å². The van der Waals surface area contributed by atoms with Gasteiger partial charge in [-0.2, -0.15) is 5.26 Å². The summed E-state index contributed by atoms with van der Waals surface area (Å²) < 4.78 is 31.0. The molecule has 2 saturated heterocycles. The molecule has 7 heteroatoms. The molecule has 0 saturated carbocycles. The summed E-state index contributed by atoms with van der Waals surface area (Å²) in [6.07, 6.45) is 0. The van der Waals surface area contributed by atoms with Crippen molar-refractivity contribution in [2.75, 3.05) is 24.5 Å². The molecule has 27 heavy (non-hydrogen) atoms. The SMILES string of the molecule is N#Cc1cccc(N2C[C@@]3(F)CN(Cc4cccc(O)c4)C[C@@]3(F)C2=O)c1. The number of rotatable bonds is 3. The second-order valence-electron chi connectivity index (χ2n) is 7.13. The fraction of sp³-hybridized carbons (Fsp3) is 0.300. The molecule has 0 aliphatic carbocycles. The first-order chi connectivity index (χ1) is 12.8. The van der Waals surface area contributed by atoms with Crippen LogP contribution in [0.2, 0.25) is 0 Å². The average molecular weight is 369 g/mol. The lowest BCUT2D eigenvalue weighted by Gasteiger charge is -2.22. The zero-order valence-electron chi connectivity index (χ0n) is 14.4. The first-order valence-electron chi connectivity index (χ1n) is 8.55. The first kappa shape index (κ1) is 17.4. The summed E-state index contributed by atoms with van der Waals surface area (Å²) in [5.41, 5.74) is -3.60. The number of likely N-dealkylation sites (tertiary alicyclic amines) is 1. The van der Waals surface area contributed by atoms with E-state index >= 15 is 8.78 Å². The summed E-state index contributed by atoms with van der Waals surface area (Å²) >= 11 is 0. The third-order valence-electron chi connectivity index (χ3n) is 5.22. The van der Waals surface area contributed by atoms with Crippen molar-refractivity contribution in [1.82, 2.24) is 4.90 Å². The van der Waals surface area contributed by atoms with E-state index in [4.69, 9.17) is 5.26 Å². The van der Waals surface area contributed by atoms with Crippen molar-refractivity contribution in [2.24, 2.45) is 0 Å². The normalized spacial score (nSPS) is 27.6. The number of phenols is 1. The molecule has 138 valence electrons. The van der Waals surface area contributed by atoms with Crippen molar-refractivity contribution >= 4 is 11.6 Å². The largest absolute Gasteiger partial charge is 0.508 e. The Morgan fingerprint density at radius 1 is 1.11 bits per heavy atom. The quantitative estimate of drug-likeness (QED) is 0.903. The molecule has 4 rings (SSSR count). The topological polar surface area (TPSA) is 67.6 Å². The molecule has 0 spiro atoms. The lowest BCUT2D eigenvalue weighted by atomic mass is 9.93.